The first-order chi connectivity index (χ1) is 11.9. The number of hydrogen-bond donors (Lipinski definition) is 0. The molecule has 0 aromatic carbocycles. The standard InChI is InChI=1S/C16H26N4O4S/c1-4-7-9-18-14-13(15(21)19(16(18)22)10-8-5-2)20(12-17-14)25(23,24)11-6-3/h12H,4-11H2,1-3H3. The van der Waals surface area contributed by atoms with Crippen LogP contribution in [0.3, 0.4) is 0 Å². The van der Waals surface area contributed by atoms with Gasteiger partial charge in [0.25, 0.3) is 5.56 Å². The Bertz CT molecular complexity index is 953. The molecule has 0 saturated carbocycles. The van der Waals surface area contributed by atoms with Crippen molar-refractivity contribution in [2.75, 3.05) is 5.75 Å². The number of imidazole rings is 1. The third-order valence-corrected chi connectivity index (χ3v) is 5.91. The Labute approximate surface area is 147 Å². The summed E-state index contributed by atoms with van der Waals surface area (Å²) in [6.07, 6.45) is 4.69. The molecule has 25 heavy (non-hydrogen) atoms. The van der Waals surface area contributed by atoms with Crippen molar-refractivity contribution in [1.29, 1.82) is 0 Å². The fourth-order valence-electron chi connectivity index (χ4n) is 2.76. The van der Waals surface area contributed by atoms with E-state index in [9.17, 15) is 18.0 Å². The van der Waals surface area contributed by atoms with Crippen LogP contribution in [0.2, 0.25) is 0 Å². The van der Waals surface area contributed by atoms with Crippen LogP contribution in [0.25, 0.3) is 11.2 Å². The molecule has 0 atom stereocenters. The molecule has 0 aliphatic heterocycles. The third kappa shape index (κ3) is 3.70. The predicted molar refractivity (Wildman–Crippen MR) is 97.5 cm³/mol. The van der Waals surface area contributed by atoms with Crippen molar-refractivity contribution in [2.45, 2.75) is 66.0 Å². The summed E-state index contributed by atoms with van der Waals surface area (Å²) < 4.78 is 28.5. The van der Waals surface area contributed by atoms with Crippen LogP contribution in [0.1, 0.15) is 52.9 Å². The van der Waals surface area contributed by atoms with Gasteiger partial charge in [-0.2, -0.15) is 0 Å². The maximum Gasteiger partial charge on any atom is 0.332 e. The Kier molecular flexibility index (Phi) is 6.21. The van der Waals surface area contributed by atoms with E-state index in [2.05, 4.69) is 4.98 Å². The second-order valence-electron chi connectivity index (χ2n) is 6.13. The molecule has 0 aliphatic rings. The lowest BCUT2D eigenvalue weighted by Gasteiger charge is -2.12. The maximum absolute atomic E-state index is 12.8. The van der Waals surface area contributed by atoms with Crippen molar-refractivity contribution in [3.05, 3.63) is 27.2 Å². The Balaban J connectivity index is 2.82. The predicted octanol–water partition coefficient (Wildman–Crippen LogP) is 1.55. The van der Waals surface area contributed by atoms with Crippen molar-refractivity contribution in [2.24, 2.45) is 0 Å². The van der Waals surface area contributed by atoms with E-state index in [4.69, 9.17) is 0 Å². The molecular formula is C16H26N4O4S. The van der Waals surface area contributed by atoms with Gasteiger partial charge < -0.3 is 0 Å². The van der Waals surface area contributed by atoms with E-state index < -0.39 is 21.3 Å². The highest BCUT2D eigenvalue weighted by atomic mass is 32.2. The molecular weight excluding hydrogens is 344 g/mol. The van der Waals surface area contributed by atoms with Gasteiger partial charge in [-0.1, -0.05) is 33.6 Å². The molecule has 9 heteroatoms. The Morgan fingerprint density at radius 1 is 0.960 bits per heavy atom. The molecule has 0 amide bonds. The molecule has 8 nitrogen and oxygen atoms in total. The number of aromatic nitrogens is 4. The van der Waals surface area contributed by atoms with Gasteiger partial charge in [0.05, 0.1) is 5.75 Å². The topological polar surface area (TPSA) is 96.0 Å². The van der Waals surface area contributed by atoms with E-state index in [0.29, 0.717) is 19.4 Å². The number of rotatable bonds is 9. The lowest BCUT2D eigenvalue weighted by molar-refractivity contribution is 0.529. The van der Waals surface area contributed by atoms with Gasteiger partial charge >= 0.3 is 5.69 Å². The quantitative estimate of drug-likeness (QED) is 0.667. The van der Waals surface area contributed by atoms with Crippen LogP contribution < -0.4 is 11.2 Å². The van der Waals surface area contributed by atoms with E-state index in [1.165, 1.54) is 4.57 Å². The second kappa shape index (κ2) is 7.99. The number of unbranched alkanes of at least 4 members (excludes halogenated alkanes) is 2. The number of fused-ring (bicyclic) bond motifs is 1. The lowest BCUT2D eigenvalue weighted by atomic mass is 10.3. The van der Waals surface area contributed by atoms with Crippen LogP contribution in [-0.2, 0) is 23.1 Å². The van der Waals surface area contributed by atoms with Crippen molar-refractivity contribution >= 4 is 21.2 Å². The van der Waals surface area contributed by atoms with Crippen LogP contribution in [0.5, 0.6) is 0 Å². The minimum Gasteiger partial charge on any atom is -0.276 e. The first kappa shape index (κ1) is 19.4. The van der Waals surface area contributed by atoms with Gasteiger partial charge in [0.2, 0.25) is 10.0 Å². The zero-order valence-electron chi connectivity index (χ0n) is 15.1. The summed E-state index contributed by atoms with van der Waals surface area (Å²) in [5.74, 6) is -0.0824. The summed E-state index contributed by atoms with van der Waals surface area (Å²) in [6.45, 7) is 6.40. The minimum absolute atomic E-state index is 0.0275. The molecule has 2 aromatic rings. The van der Waals surface area contributed by atoms with Crippen molar-refractivity contribution in [3.63, 3.8) is 0 Å². The van der Waals surface area contributed by atoms with E-state index in [-0.39, 0.29) is 23.5 Å². The molecule has 2 aromatic heterocycles. The van der Waals surface area contributed by atoms with Crippen LogP contribution in [0.15, 0.2) is 15.9 Å². The summed E-state index contributed by atoms with van der Waals surface area (Å²) in [5.41, 5.74) is -0.882. The Hall–Kier alpha value is -1.90. The van der Waals surface area contributed by atoms with E-state index in [1.807, 2.05) is 13.8 Å². The summed E-state index contributed by atoms with van der Waals surface area (Å²) in [7, 11) is -3.68. The summed E-state index contributed by atoms with van der Waals surface area (Å²) in [6, 6.07) is 0. The Morgan fingerprint density at radius 3 is 2.12 bits per heavy atom. The first-order valence-electron chi connectivity index (χ1n) is 8.82. The van der Waals surface area contributed by atoms with Gasteiger partial charge in [-0.25, -0.2) is 22.2 Å². The van der Waals surface area contributed by atoms with Crippen LogP contribution in [0, 0.1) is 0 Å². The average molecular weight is 370 g/mol. The molecule has 0 saturated heterocycles. The van der Waals surface area contributed by atoms with Gasteiger partial charge in [0.1, 0.15) is 6.33 Å². The average Bonchev–Trinajstić information content (AvgIpc) is 3.01. The monoisotopic (exact) mass is 370 g/mol. The summed E-state index contributed by atoms with van der Waals surface area (Å²) >= 11 is 0. The van der Waals surface area contributed by atoms with Gasteiger partial charge in [-0.15, -0.1) is 0 Å². The van der Waals surface area contributed by atoms with Crippen LogP contribution in [0.4, 0.5) is 0 Å². The normalized spacial score (nSPS) is 12.1. The highest BCUT2D eigenvalue weighted by Crippen LogP contribution is 2.12. The molecule has 0 bridgehead atoms. The minimum atomic E-state index is -3.68. The smallest absolute Gasteiger partial charge is 0.276 e. The van der Waals surface area contributed by atoms with Crippen molar-refractivity contribution in [1.82, 2.24) is 18.1 Å². The SMILES string of the molecule is CCCCn1c(=O)c2c(ncn2S(=O)(=O)CCC)n(CCCC)c1=O. The molecule has 0 N–H and O–H groups in total. The molecule has 0 unspecified atom stereocenters. The Morgan fingerprint density at radius 2 is 1.56 bits per heavy atom. The fraction of sp³-hybridized carbons (Fsp3) is 0.688. The van der Waals surface area contributed by atoms with Crippen LogP contribution >= 0.6 is 0 Å². The molecule has 0 radical (unpaired) electrons. The van der Waals surface area contributed by atoms with E-state index in [1.54, 1.807) is 6.92 Å². The van der Waals surface area contributed by atoms with E-state index in [0.717, 1.165) is 34.1 Å². The highest BCUT2D eigenvalue weighted by Gasteiger charge is 2.23. The van der Waals surface area contributed by atoms with Gasteiger partial charge in [-0.3, -0.25) is 13.9 Å². The van der Waals surface area contributed by atoms with Crippen LogP contribution in [-0.4, -0.2) is 32.3 Å². The van der Waals surface area contributed by atoms with Gasteiger partial charge in [0.15, 0.2) is 11.2 Å². The first-order valence-corrected chi connectivity index (χ1v) is 10.4. The third-order valence-electron chi connectivity index (χ3n) is 4.11. The van der Waals surface area contributed by atoms with Gasteiger partial charge in [0, 0.05) is 13.1 Å². The molecule has 2 heterocycles. The number of nitrogens with zero attached hydrogens (tertiary/aromatic N) is 4. The maximum atomic E-state index is 12.8. The molecule has 0 fully saturated rings. The zero-order valence-corrected chi connectivity index (χ0v) is 15.9. The summed E-state index contributed by atoms with van der Waals surface area (Å²) in [4.78, 5) is 29.7. The second-order valence-corrected chi connectivity index (χ2v) is 8.09. The fourth-order valence-corrected chi connectivity index (χ4v) is 4.10. The zero-order chi connectivity index (χ0) is 18.6. The van der Waals surface area contributed by atoms with E-state index >= 15 is 0 Å². The summed E-state index contributed by atoms with van der Waals surface area (Å²) in [5, 5.41) is 0. The highest BCUT2D eigenvalue weighted by molar-refractivity contribution is 7.90. The molecule has 0 spiro atoms. The van der Waals surface area contributed by atoms with Crippen molar-refractivity contribution < 1.29 is 8.42 Å². The van der Waals surface area contributed by atoms with Crippen molar-refractivity contribution in [3.8, 4) is 0 Å². The number of aryl methyl sites for hydroxylation is 1. The molecule has 140 valence electrons. The molecule has 2 rings (SSSR count). The van der Waals surface area contributed by atoms with Gasteiger partial charge in [-0.05, 0) is 19.3 Å². The largest absolute Gasteiger partial charge is 0.332 e. The lowest BCUT2D eigenvalue weighted by Crippen LogP contribution is -2.41. The molecule has 0 aliphatic carbocycles. The number of hydrogen-bond acceptors (Lipinski definition) is 5.